The minimum absolute atomic E-state index is 0.0803. The fourth-order valence-corrected chi connectivity index (χ4v) is 5.09. The SMILES string of the molecule is CCN(CC)C(=O)Nn1c(CO)c2c3c(cccc31)[C@H]1CCCN(C)[C@@H]1C2. The van der Waals surface area contributed by atoms with Gasteiger partial charge in [0, 0.05) is 30.4 Å². The third-order valence-corrected chi connectivity index (χ3v) is 6.51. The van der Waals surface area contributed by atoms with Gasteiger partial charge in [-0.15, -0.1) is 0 Å². The monoisotopic (exact) mass is 370 g/mol. The summed E-state index contributed by atoms with van der Waals surface area (Å²) in [5.41, 5.74) is 7.42. The molecule has 2 amide bonds. The number of hydrogen-bond acceptors (Lipinski definition) is 3. The summed E-state index contributed by atoms with van der Waals surface area (Å²) in [5.74, 6) is 0.529. The Morgan fingerprint density at radius 3 is 2.81 bits per heavy atom. The number of hydrogen-bond donors (Lipinski definition) is 2. The maximum absolute atomic E-state index is 12.7. The third-order valence-electron chi connectivity index (χ3n) is 6.51. The number of piperidine rings is 1. The number of aliphatic hydroxyl groups excluding tert-OH is 1. The van der Waals surface area contributed by atoms with E-state index in [0.29, 0.717) is 25.0 Å². The van der Waals surface area contributed by atoms with Gasteiger partial charge in [0.05, 0.1) is 17.8 Å². The van der Waals surface area contributed by atoms with Crippen molar-refractivity contribution < 1.29 is 9.90 Å². The van der Waals surface area contributed by atoms with E-state index in [1.54, 1.807) is 4.90 Å². The zero-order valence-corrected chi connectivity index (χ0v) is 16.5. The Morgan fingerprint density at radius 1 is 1.33 bits per heavy atom. The van der Waals surface area contributed by atoms with Gasteiger partial charge in [0.2, 0.25) is 0 Å². The van der Waals surface area contributed by atoms with E-state index in [-0.39, 0.29) is 12.6 Å². The van der Waals surface area contributed by atoms with Crippen LogP contribution in [0.3, 0.4) is 0 Å². The molecule has 27 heavy (non-hydrogen) atoms. The molecule has 1 aromatic carbocycles. The first-order valence-electron chi connectivity index (χ1n) is 10.1. The second-order valence-electron chi connectivity index (χ2n) is 7.75. The van der Waals surface area contributed by atoms with E-state index in [0.717, 1.165) is 24.2 Å². The molecule has 2 atom stereocenters. The van der Waals surface area contributed by atoms with Crippen LogP contribution in [0.1, 0.15) is 49.4 Å². The van der Waals surface area contributed by atoms with Crippen LogP contribution < -0.4 is 5.43 Å². The average molecular weight is 370 g/mol. The number of rotatable bonds is 4. The number of carbonyl (C=O) groups excluding carboxylic acids is 1. The van der Waals surface area contributed by atoms with Gasteiger partial charge in [-0.05, 0) is 63.9 Å². The van der Waals surface area contributed by atoms with Gasteiger partial charge in [-0.1, -0.05) is 12.1 Å². The Hall–Kier alpha value is -2.05. The number of urea groups is 1. The number of nitrogens with zero attached hydrogens (tertiary/aromatic N) is 3. The highest BCUT2D eigenvalue weighted by molar-refractivity contribution is 5.93. The summed E-state index contributed by atoms with van der Waals surface area (Å²) in [4.78, 5) is 16.9. The van der Waals surface area contributed by atoms with Crippen molar-refractivity contribution in [3.05, 3.63) is 35.0 Å². The average Bonchev–Trinajstić information content (AvgIpc) is 2.98. The van der Waals surface area contributed by atoms with Crippen LogP contribution in [0.5, 0.6) is 0 Å². The summed E-state index contributed by atoms with van der Waals surface area (Å²) < 4.78 is 1.83. The van der Waals surface area contributed by atoms with Gasteiger partial charge in [-0.2, -0.15) is 0 Å². The van der Waals surface area contributed by atoms with Gasteiger partial charge in [-0.3, -0.25) is 4.68 Å². The van der Waals surface area contributed by atoms with Gasteiger partial charge >= 0.3 is 6.03 Å². The minimum Gasteiger partial charge on any atom is -0.390 e. The predicted octanol–water partition coefficient (Wildman–Crippen LogP) is 2.87. The van der Waals surface area contributed by atoms with E-state index in [1.165, 1.54) is 29.4 Å². The molecule has 0 spiro atoms. The summed E-state index contributed by atoms with van der Waals surface area (Å²) in [6.07, 6.45) is 3.35. The zero-order valence-electron chi connectivity index (χ0n) is 16.5. The highest BCUT2D eigenvalue weighted by Gasteiger charge is 2.38. The molecule has 146 valence electrons. The van der Waals surface area contributed by atoms with E-state index < -0.39 is 0 Å². The number of nitrogens with one attached hydrogen (secondary N) is 1. The van der Waals surface area contributed by atoms with Crippen LogP contribution in [-0.2, 0) is 13.0 Å². The largest absolute Gasteiger partial charge is 0.390 e. The fourth-order valence-electron chi connectivity index (χ4n) is 5.09. The molecule has 2 aromatic rings. The highest BCUT2D eigenvalue weighted by atomic mass is 16.3. The number of fused-ring (bicyclic) bond motifs is 2. The molecule has 0 radical (unpaired) electrons. The first-order chi connectivity index (χ1) is 13.1. The number of amides is 2. The van der Waals surface area contributed by atoms with Gasteiger partial charge in [0.15, 0.2) is 0 Å². The van der Waals surface area contributed by atoms with Crippen molar-refractivity contribution in [3.63, 3.8) is 0 Å². The van der Waals surface area contributed by atoms with Crippen LogP contribution in [0.4, 0.5) is 4.79 Å². The van der Waals surface area contributed by atoms with Crippen molar-refractivity contribution >= 4 is 16.9 Å². The van der Waals surface area contributed by atoms with Crippen LogP contribution in [0.2, 0.25) is 0 Å². The molecule has 1 aliphatic heterocycles. The number of aromatic nitrogens is 1. The molecule has 2 aliphatic rings. The molecule has 1 aromatic heterocycles. The fraction of sp³-hybridized carbons (Fsp3) is 0.571. The molecule has 1 fully saturated rings. The van der Waals surface area contributed by atoms with Gasteiger partial charge < -0.3 is 14.9 Å². The van der Waals surface area contributed by atoms with Crippen molar-refractivity contribution in [2.75, 3.05) is 32.1 Å². The van der Waals surface area contributed by atoms with E-state index in [1.807, 2.05) is 18.5 Å². The Kier molecular flexibility index (Phi) is 4.86. The highest BCUT2D eigenvalue weighted by Crippen LogP contribution is 2.44. The Bertz CT molecular complexity index is 855. The van der Waals surface area contributed by atoms with Crippen LogP contribution >= 0.6 is 0 Å². The standard InChI is InChI=1S/C21H30N4O2/c1-4-24(5-2)21(27)22-25-17-10-6-8-15-14-9-7-11-23(3)18(14)12-16(20(15)17)19(25)13-26/h6,8,10,14,18,26H,4-5,7,9,11-13H2,1-3H3,(H,22,27)/t14-,18-/m1/s1. The van der Waals surface area contributed by atoms with Crippen LogP contribution in [-0.4, -0.2) is 58.3 Å². The first-order valence-corrected chi connectivity index (χ1v) is 10.1. The number of aliphatic hydroxyl groups is 1. The molecule has 6 nitrogen and oxygen atoms in total. The van der Waals surface area contributed by atoms with Crippen molar-refractivity contribution in [2.45, 2.75) is 51.7 Å². The third kappa shape index (κ3) is 2.82. The molecule has 2 N–H and O–H groups in total. The van der Waals surface area contributed by atoms with Gasteiger partial charge in [0.25, 0.3) is 0 Å². The minimum atomic E-state index is -0.127. The Labute approximate surface area is 160 Å². The zero-order chi connectivity index (χ0) is 19.1. The molecule has 0 unspecified atom stereocenters. The van der Waals surface area contributed by atoms with Crippen LogP contribution in [0, 0.1) is 0 Å². The topological polar surface area (TPSA) is 60.7 Å². The van der Waals surface area contributed by atoms with Gasteiger partial charge in [0.1, 0.15) is 0 Å². The quantitative estimate of drug-likeness (QED) is 0.870. The van der Waals surface area contributed by atoms with E-state index in [4.69, 9.17) is 0 Å². The van der Waals surface area contributed by atoms with E-state index in [9.17, 15) is 9.90 Å². The molecule has 1 saturated heterocycles. The summed E-state index contributed by atoms with van der Waals surface area (Å²) in [5, 5.41) is 11.4. The lowest BCUT2D eigenvalue weighted by molar-refractivity contribution is 0.156. The smallest absolute Gasteiger partial charge is 0.336 e. The molecular weight excluding hydrogens is 340 g/mol. The molecule has 0 bridgehead atoms. The molecular formula is C21H30N4O2. The summed E-state index contributed by atoms with van der Waals surface area (Å²) in [6, 6.07) is 6.71. The molecule has 1 aliphatic carbocycles. The lowest BCUT2D eigenvalue weighted by Crippen LogP contribution is -2.44. The van der Waals surface area contributed by atoms with E-state index in [2.05, 4.69) is 35.6 Å². The predicted molar refractivity (Wildman–Crippen MR) is 108 cm³/mol. The Balaban J connectivity index is 1.84. The summed E-state index contributed by atoms with van der Waals surface area (Å²) in [7, 11) is 2.21. The molecule has 4 rings (SSSR count). The second kappa shape index (κ2) is 7.17. The summed E-state index contributed by atoms with van der Waals surface area (Å²) >= 11 is 0. The van der Waals surface area contributed by atoms with Crippen molar-refractivity contribution in [1.82, 2.24) is 14.5 Å². The van der Waals surface area contributed by atoms with Crippen molar-refractivity contribution in [2.24, 2.45) is 0 Å². The number of carbonyl (C=O) groups is 1. The van der Waals surface area contributed by atoms with Crippen molar-refractivity contribution in [1.29, 1.82) is 0 Å². The lowest BCUT2D eigenvalue weighted by Gasteiger charge is -2.42. The molecule has 6 heteroatoms. The number of likely N-dealkylation sites (tertiary alicyclic amines) is 1. The molecule has 2 heterocycles. The summed E-state index contributed by atoms with van der Waals surface area (Å²) in [6.45, 7) is 6.31. The lowest BCUT2D eigenvalue weighted by atomic mass is 9.75. The number of benzene rings is 1. The van der Waals surface area contributed by atoms with E-state index >= 15 is 0 Å². The second-order valence-corrected chi connectivity index (χ2v) is 7.75. The first kappa shape index (κ1) is 18.3. The van der Waals surface area contributed by atoms with Gasteiger partial charge in [-0.25, -0.2) is 10.2 Å². The maximum atomic E-state index is 12.7. The number of likely N-dealkylation sites (N-methyl/N-ethyl adjacent to an activating group) is 1. The van der Waals surface area contributed by atoms with Crippen molar-refractivity contribution in [3.8, 4) is 0 Å². The maximum Gasteiger partial charge on any atom is 0.336 e. The van der Waals surface area contributed by atoms with Crippen LogP contribution in [0.15, 0.2) is 18.2 Å². The molecule has 0 saturated carbocycles. The Morgan fingerprint density at radius 2 is 2.11 bits per heavy atom. The normalized spacial score (nSPS) is 21.9. The van der Waals surface area contributed by atoms with Crippen LogP contribution in [0.25, 0.3) is 10.9 Å².